The number of aliphatic hydroxyl groups is 1. The molecule has 2 bridgehead atoms. The van der Waals surface area contributed by atoms with Crippen LogP contribution in [0.15, 0.2) is 48.6 Å². The zero-order valence-corrected chi connectivity index (χ0v) is 31.5. The highest BCUT2D eigenvalue weighted by molar-refractivity contribution is 7.87. The van der Waals surface area contributed by atoms with Crippen LogP contribution >= 0.6 is 11.6 Å². The Bertz CT molecular complexity index is 1690. The highest BCUT2D eigenvalue weighted by atomic mass is 35.5. The van der Waals surface area contributed by atoms with Crippen molar-refractivity contribution < 1.29 is 37.3 Å². The van der Waals surface area contributed by atoms with Crippen LogP contribution in [0.25, 0.3) is 0 Å². The molecule has 0 spiro atoms. The van der Waals surface area contributed by atoms with Crippen LogP contribution in [0.5, 0.6) is 5.75 Å². The van der Waals surface area contributed by atoms with E-state index >= 15 is 0 Å². The van der Waals surface area contributed by atoms with E-state index in [1.165, 1.54) is 25.1 Å². The quantitative estimate of drug-likeness (QED) is 0.318. The standard InChI is InChI=1S/C37H51ClN4O8S/c1-40(2)51(46,47)39-36(44)37(45)23-35(43)41(3)17-7-6-10-33(49-20-19-48-4)31-15-12-27(31)24-42-18-8-5-9-26-21-30(38)14-11-28(26)25-50-34-16-13-29(37)22-32(34)42/h6,10-11,13-14,16,21-22,27,31,33,45H,5,7-9,12,15,17-20,23-25H2,1-4H3,(H,39,44)/b10-6+/t27-,31+,33-,37+/m0/s1. The molecule has 12 nitrogen and oxygen atoms in total. The summed E-state index contributed by atoms with van der Waals surface area (Å²) < 4.78 is 46.5. The topological polar surface area (TPSA) is 138 Å². The molecule has 2 heterocycles. The molecular weight excluding hydrogens is 696 g/mol. The molecular formula is C37H51ClN4O8S. The van der Waals surface area contributed by atoms with Gasteiger partial charge in [0, 0.05) is 52.9 Å². The normalized spacial score (nSPS) is 25.5. The number of ether oxygens (including phenoxy) is 3. The predicted octanol–water partition coefficient (Wildman–Crippen LogP) is 4.04. The maximum Gasteiger partial charge on any atom is 0.303 e. The molecule has 2 N–H and O–H groups in total. The molecule has 2 aromatic rings. The van der Waals surface area contributed by atoms with Crippen LogP contribution in [-0.2, 0) is 47.9 Å². The van der Waals surface area contributed by atoms with Gasteiger partial charge in [0.15, 0.2) is 5.60 Å². The van der Waals surface area contributed by atoms with E-state index in [1.807, 2.05) is 29.0 Å². The molecule has 280 valence electrons. The lowest BCUT2D eigenvalue weighted by atomic mass is 9.70. The van der Waals surface area contributed by atoms with E-state index < -0.39 is 34.0 Å². The third-order valence-electron chi connectivity index (χ3n) is 10.3. The highest BCUT2D eigenvalue weighted by Gasteiger charge is 2.44. The fourth-order valence-corrected chi connectivity index (χ4v) is 7.69. The average molecular weight is 747 g/mol. The molecule has 0 radical (unpaired) electrons. The summed E-state index contributed by atoms with van der Waals surface area (Å²) in [6.45, 7) is 2.87. The van der Waals surface area contributed by atoms with Crippen molar-refractivity contribution in [3.05, 3.63) is 70.3 Å². The number of benzene rings is 2. The molecule has 2 aromatic carbocycles. The molecule has 51 heavy (non-hydrogen) atoms. The van der Waals surface area contributed by atoms with E-state index in [0.29, 0.717) is 55.7 Å². The Hall–Kier alpha value is -3.20. The van der Waals surface area contributed by atoms with Crippen LogP contribution in [0.3, 0.4) is 0 Å². The van der Waals surface area contributed by atoms with Gasteiger partial charge in [0.25, 0.3) is 5.91 Å². The SMILES string of the molecule is COCCO[C@H]1/C=C/CCN(C)C(=O)C[C@](O)(C(=O)NS(=O)(=O)N(C)C)c2ccc3c(c2)N(CCCCc2cc(Cl)ccc2CO3)C[C@@H]2CC[C@H]21. The lowest BCUT2D eigenvalue weighted by Gasteiger charge is -2.44. The van der Waals surface area contributed by atoms with E-state index in [-0.39, 0.29) is 30.1 Å². The summed E-state index contributed by atoms with van der Waals surface area (Å²) in [7, 11) is 1.50. The van der Waals surface area contributed by atoms with Gasteiger partial charge in [-0.2, -0.15) is 12.7 Å². The number of carbonyl (C=O) groups excluding carboxylic acids is 2. The van der Waals surface area contributed by atoms with Crippen LogP contribution < -0.4 is 14.4 Å². The Morgan fingerprint density at radius 2 is 1.92 bits per heavy atom. The highest BCUT2D eigenvalue weighted by Crippen LogP contribution is 2.43. The number of carbonyl (C=O) groups is 2. The van der Waals surface area contributed by atoms with Gasteiger partial charge in [0.05, 0.1) is 31.4 Å². The summed E-state index contributed by atoms with van der Waals surface area (Å²) in [4.78, 5) is 31.2. The first-order valence-electron chi connectivity index (χ1n) is 17.6. The Morgan fingerprint density at radius 1 is 1.12 bits per heavy atom. The van der Waals surface area contributed by atoms with Gasteiger partial charge < -0.3 is 29.1 Å². The smallest absolute Gasteiger partial charge is 0.303 e. The van der Waals surface area contributed by atoms with Crippen LogP contribution in [-0.4, -0.2) is 102 Å². The average Bonchev–Trinajstić information content (AvgIpc) is 3.10. The summed E-state index contributed by atoms with van der Waals surface area (Å²) in [5, 5.41) is 12.9. The summed E-state index contributed by atoms with van der Waals surface area (Å²) in [6, 6.07) is 10.7. The summed E-state index contributed by atoms with van der Waals surface area (Å²) >= 11 is 6.37. The molecule has 1 saturated carbocycles. The van der Waals surface area contributed by atoms with E-state index in [2.05, 4.69) is 11.0 Å². The Labute approximate surface area is 306 Å². The van der Waals surface area contributed by atoms with E-state index in [0.717, 1.165) is 47.5 Å². The third-order valence-corrected chi connectivity index (χ3v) is 11.9. The second-order valence-corrected chi connectivity index (χ2v) is 16.2. The van der Waals surface area contributed by atoms with Gasteiger partial charge in [0.1, 0.15) is 12.4 Å². The van der Waals surface area contributed by atoms with Crippen LogP contribution in [0.2, 0.25) is 5.02 Å². The van der Waals surface area contributed by atoms with Crippen molar-refractivity contribution in [2.45, 2.75) is 63.3 Å². The monoisotopic (exact) mass is 746 g/mol. The van der Waals surface area contributed by atoms with Gasteiger partial charge in [-0.25, -0.2) is 4.72 Å². The Balaban J connectivity index is 1.61. The number of fused-ring (bicyclic) bond motifs is 3. The lowest BCUT2D eigenvalue weighted by molar-refractivity contribution is -0.148. The first kappa shape index (κ1) is 39.0. The minimum atomic E-state index is -4.29. The van der Waals surface area contributed by atoms with Crippen molar-refractivity contribution in [1.82, 2.24) is 13.9 Å². The zero-order chi connectivity index (χ0) is 36.8. The van der Waals surface area contributed by atoms with Crippen molar-refractivity contribution in [2.24, 2.45) is 11.8 Å². The van der Waals surface area contributed by atoms with Crippen molar-refractivity contribution >= 4 is 39.3 Å². The van der Waals surface area contributed by atoms with Gasteiger partial charge in [-0.15, -0.1) is 0 Å². The molecule has 0 saturated heterocycles. The van der Waals surface area contributed by atoms with Crippen molar-refractivity contribution in [2.75, 3.05) is 66.0 Å². The lowest BCUT2D eigenvalue weighted by Crippen LogP contribution is -2.51. The molecule has 4 atom stereocenters. The van der Waals surface area contributed by atoms with Crippen molar-refractivity contribution in [3.8, 4) is 5.75 Å². The van der Waals surface area contributed by atoms with Gasteiger partial charge in [-0.05, 0) is 91.3 Å². The first-order valence-corrected chi connectivity index (χ1v) is 19.4. The molecule has 3 aliphatic rings. The van der Waals surface area contributed by atoms with Crippen molar-refractivity contribution in [3.63, 3.8) is 0 Å². The number of amides is 2. The van der Waals surface area contributed by atoms with E-state index in [1.54, 1.807) is 26.3 Å². The van der Waals surface area contributed by atoms with Gasteiger partial charge >= 0.3 is 10.2 Å². The minimum Gasteiger partial charge on any atom is -0.487 e. The molecule has 14 heteroatoms. The third kappa shape index (κ3) is 9.43. The van der Waals surface area contributed by atoms with Crippen molar-refractivity contribution in [1.29, 1.82) is 0 Å². The van der Waals surface area contributed by atoms with Gasteiger partial charge in [0.2, 0.25) is 5.91 Å². The molecule has 0 aromatic heterocycles. The number of aryl methyl sites for hydroxylation is 1. The fourth-order valence-electron chi connectivity index (χ4n) is 6.91. The zero-order valence-electron chi connectivity index (χ0n) is 30.0. The number of rotatable bonds is 7. The molecule has 1 fully saturated rings. The van der Waals surface area contributed by atoms with E-state index in [4.69, 9.17) is 25.8 Å². The maximum absolute atomic E-state index is 13.8. The Morgan fingerprint density at radius 3 is 2.65 bits per heavy atom. The van der Waals surface area contributed by atoms with E-state index in [9.17, 15) is 23.1 Å². The molecule has 2 aliphatic heterocycles. The van der Waals surface area contributed by atoms with Gasteiger partial charge in [-0.3, -0.25) is 9.59 Å². The van der Waals surface area contributed by atoms with Crippen LogP contribution in [0, 0.1) is 11.8 Å². The first-order chi connectivity index (χ1) is 24.3. The van der Waals surface area contributed by atoms with Crippen LogP contribution in [0.4, 0.5) is 5.69 Å². The number of hydrogen-bond donors (Lipinski definition) is 2. The number of nitrogens with zero attached hydrogens (tertiary/aromatic N) is 3. The minimum absolute atomic E-state index is 0.0861. The number of hydrogen-bond acceptors (Lipinski definition) is 9. The predicted molar refractivity (Wildman–Crippen MR) is 196 cm³/mol. The largest absolute Gasteiger partial charge is 0.487 e. The molecule has 1 aliphatic carbocycles. The molecule has 2 amide bonds. The second kappa shape index (κ2) is 17.1. The number of anilines is 1. The van der Waals surface area contributed by atoms with Gasteiger partial charge in [-0.1, -0.05) is 35.9 Å². The molecule has 5 rings (SSSR count). The van der Waals surface area contributed by atoms with Crippen LogP contribution in [0.1, 0.15) is 55.2 Å². The molecule has 0 unspecified atom stereocenters. The fraction of sp³-hybridized carbons (Fsp3) is 0.568. The summed E-state index contributed by atoms with van der Waals surface area (Å²) in [5.41, 5.74) is 0.354. The maximum atomic E-state index is 13.8. The Kier molecular flexibility index (Phi) is 13.1. The number of nitrogens with one attached hydrogen (secondary N) is 1. The number of methoxy groups -OCH3 is 1. The second-order valence-electron chi connectivity index (χ2n) is 13.9. The number of halogens is 1. The summed E-state index contributed by atoms with van der Waals surface area (Å²) in [5.74, 6) is -0.671. The summed E-state index contributed by atoms with van der Waals surface area (Å²) in [6.07, 6.45) is 8.39.